The molecule has 0 spiro atoms. The molecule has 0 bridgehead atoms. The van der Waals surface area contributed by atoms with Crippen LogP contribution in [0.1, 0.15) is 13.3 Å². The Labute approximate surface area is 101 Å². The first kappa shape index (κ1) is 11.8. The van der Waals surface area contributed by atoms with Crippen LogP contribution in [-0.4, -0.2) is 5.91 Å². The highest BCUT2D eigenvalue weighted by Gasteiger charge is 2.09. The molecule has 0 fully saturated rings. The van der Waals surface area contributed by atoms with Crippen molar-refractivity contribution in [3.05, 3.63) is 26.7 Å². The Morgan fingerprint density at radius 1 is 1.43 bits per heavy atom. The van der Waals surface area contributed by atoms with Crippen LogP contribution >= 0.6 is 39.1 Å². The van der Waals surface area contributed by atoms with Crippen LogP contribution < -0.4 is 5.32 Å². The SMILES string of the molecule is CCC(=O)Nc1ccc(Br)c(Cl)c1Cl. The van der Waals surface area contributed by atoms with Gasteiger partial charge < -0.3 is 5.32 Å². The van der Waals surface area contributed by atoms with Crippen LogP contribution in [0.5, 0.6) is 0 Å². The zero-order valence-corrected chi connectivity index (χ0v) is 10.5. The van der Waals surface area contributed by atoms with Crippen molar-refractivity contribution >= 4 is 50.7 Å². The van der Waals surface area contributed by atoms with E-state index in [-0.39, 0.29) is 5.91 Å². The predicted octanol–water partition coefficient (Wildman–Crippen LogP) is 4.10. The van der Waals surface area contributed by atoms with Crippen LogP contribution in [0.2, 0.25) is 10.0 Å². The maximum Gasteiger partial charge on any atom is 0.224 e. The first-order valence-corrected chi connectivity index (χ1v) is 5.54. The highest BCUT2D eigenvalue weighted by atomic mass is 79.9. The molecule has 0 aromatic heterocycles. The second-order valence-electron chi connectivity index (χ2n) is 2.62. The Morgan fingerprint density at radius 2 is 2.07 bits per heavy atom. The number of carbonyl (C=O) groups is 1. The van der Waals surface area contributed by atoms with Gasteiger partial charge in [-0.1, -0.05) is 30.1 Å². The minimum atomic E-state index is -0.0923. The number of amides is 1. The van der Waals surface area contributed by atoms with Crippen LogP contribution in [0.4, 0.5) is 5.69 Å². The molecule has 0 saturated heterocycles. The molecule has 0 aliphatic rings. The molecular weight excluding hydrogens is 289 g/mol. The summed E-state index contributed by atoms with van der Waals surface area (Å²) in [6.45, 7) is 1.77. The van der Waals surface area contributed by atoms with E-state index >= 15 is 0 Å². The summed E-state index contributed by atoms with van der Waals surface area (Å²) in [5.74, 6) is -0.0923. The molecule has 1 N–H and O–H groups in total. The van der Waals surface area contributed by atoms with E-state index in [4.69, 9.17) is 23.2 Å². The zero-order chi connectivity index (χ0) is 10.7. The van der Waals surface area contributed by atoms with E-state index in [1.54, 1.807) is 19.1 Å². The van der Waals surface area contributed by atoms with E-state index in [9.17, 15) is 4.79 Å². The zero-order valence-electron chi connectivity index (χ0n) is 7.40. The van der Waals surface area contributed by atoms with Crippen molar-refractivity contribution in [3.8, 4) is 0 Å². The third kappa shape index (κ3) is 2.62. The minimum Gasteiger partial charge on any atom is -0.325 e. The molecule has 1 aromatic rings. The fraction of sp³-hybridized carbons (Fsp3) is 0.222. The number of carbonyl (C=O) groups excluding carboxylic acids is 1. The van der Waals surface area contributed by atoms with E-state index in [0.29, 0.717) is 26.6 Å². The summed E-state index contributed by atoms with van der Waals surface area (Å²) < 4.78 is 0.707. The average molecular weight is 297 g/mol. The molecule has 0 radical (unpaired) electrons. The Hall–Kier alpha value is -0.250. The molecule has 1 rings (SSSR count). The van der Waals surface area contributed by atoms with Gasteiger partial charge in [-0.3, -0.25) is 4.79 Å². The van der Waals surface area contributed by atoms with E-state index in [0.717, 1.165) is 0 Å². The summed E-state index contributed by atoms with van der Waals surface area (Å²) in [6, 6.07) is 3.44. The molecule has 0 aliphatic heterocycles. The molecule has 76 valence electrons. The van der Waals surface area contributed by atoms with Crippen molar-refractivity contribution < 1.29 is 4.79 Å². The lowest BCUT2D eigenvalue weighted by Gasteiger charge is -2.07. The normalized spacial score (nSPS) is 10.0. The van der Waals surface area contributed by atoms with Gasteiger partial charge in [0.15, 0.2) is 0 Å². The molecule has 5 heteroatoms. The Kier molecular flexibility index (Phi) is 4.23. The second-order valence-corrected chi connectivity index (χ2v) is 4.23. The second kappa shape index (κ2) is 5.01. The number of rotatable bonds is 2. The standard InChI is InChI=1S/C9H8BrCl2NO/c1-2-7(14)13-6-4-3-5(10)8(11)9(6)12/h3-4H,2H2,1H3,(H,13,14). The number of anilines is 1. The van der Waals surface area contributed by atoms with Gasteiger partial charge in [-0.15, -0.1) is 0 Å². The molecule has 0 aliphatic carbocycles. The largest absolute Gasteiger partial charge is 0.325 e. The van der Waals surface area contributed by atoms with Crippen molar-refractivity contribution in [3.63, 3.8) is 0 Å². The topological polar surface area (TPSA) is 29.1 Å². The van der Waals surface area contributed by atoms with Crippen LogP contribution in [-0.2, 0) is 4.79 Å². The first-order chi connectivity index (χ1) is 6.56. The summed E-state index contributed by atoms with van der Waals surface area (Å²) in [5.41, 5.74) is 0.534. The van der Waals surface area contributed by atoms with Gasteiger partial charge in [0, 0.05) is 10.9 Å². The summed E-state index contributed by atoms with van der Waals surface area (Å²) in [4.78, 5) is 11.1. The van der Waals surface area contributed by atoms with E-state index in [1.165, 1.54) is 0 Å². The quantitative estimate of drug-likeness (QED) is 0.818. The van der Waals surface area contributed by atoms with Crippen LogP contribution in [0.3, 0.4) is 0 Å². The maximum atomic E-state index is 11.1. The highest BCUT2D eigenvalue weighted by molar-refractivity contribution is 9.10. The lowest BCUT2D eigenvalue weighted by Crippen LogP contribution is -2.09. The van der Waals surface area contributed by atoms with Gasteiger partial charge in [-0.2, -0.15) is 0 Å². The predicted molar refractivity (Wildman–Crippen MR) is 63.1 cm³/mol. The molecule has 1 amide bonds. The van der Waals surface area contributed by atoms with Gasteiger partial charge in [-0.05, 0) is 28.1 Å². The molecular formula is C9H8BrCl2NO. The van der Waals surface area contributed by atoms with E-state index in [1.807, 2.05) is 0 Å². The number of benzene rings is 1. The van der Waals surface area contributed by atoms with Crippen LogP contribution in [0, 0.1) is 0 Å². The molecule has 14 heavy (non-hydrogen) atoms. The molecule has 0 atom stereocenters. The van der Waals surface area contributed by atoms with Crippen molar-refractivity contribution in [1.29, 1.82) is 0 Å². The van der Waals surface area contributed by atoms with Crippen molar-refractivity contribution in [2.75, 3.05) is 5.32 Å². The highest BCUT2D eigenvalue weighted by Crippen LogP contribution is 2.35. The summed E-state index contributed by atoms with van der Waals surface area (Å²) in [6.07, 6.45) is 0.407. The van der Waals surface area contributed by atoms with Crippen molar-refractivity contribution in [1.82, 2.24) is 0 Å². The molecule has 2 nitrogen and oxygen atoms in total. The van der Waals surface area contributed by atoms with Gasteiger partial charge in [0.05, 0.1) is 15.7 Å². The monoisotopic (exact) mass is 295 g/mol. The van der Waals surface area contributed by atoms with Gasteiger partial charge in [0.2, 0.25) is 5.91 Å². The van der Waals surface area contributed by atoms with Gasteiger partial charge >= 0.3 is 0 Å². The summed E-state index contributed by atoms with van der Waals surface area (Å²) >= 11 is 15.0. The van der Waals surface area contributed by atoms with Crippen LogP contribution in [0.25, 0.3) is 0 Å². The Bertz CT molecular complexity index is 368. The average Bonchev–Trinajstić information content (AvgIpc) is 2.19. The minimum absolute atomic E-state index is 0.0923. The third-order valence-corrected chi connectivity index (χ3v) is 3.40. The van der Waals surface area contributed by atoms with E-state index < -0.39 is 0 Å². The van der Waals surface area contributed by atoms with Gasteiger partial charge in [0.1, 0.15) is 0 Å². The first-order valence-electron chi connectivity index (χ1n) is 3.99. The number of nitrogens with one attached hydrogen (secondary N) is 1. The number of hydrogen-bond donors (Lipinski definition) is 1. The van der Waals surface area contributed by atoms with E-state index in [2.05, 4.69) is 21.2 Å². The fourth-order valence-electron chi connectivity index (χ4n) is 0.861. The lowest BCUT2D eigenvalue weighted by molar-refractivity contribution is -0.115. The molecule has 1 aromatic carbocycles. The fourth-order valence-corrected chi connectivity index (χ4v) is 1.68. The number of hydrogen-bond acceptors (Lipinski definition) is 1. The van der Waals surface area contributed by atoms with Gasteiger partial charge in [-0.25, -0.2) is 0 Å². The molecule has 0 saturated carbocycles. The van der Waals surface area contributed by atoms with Crippen molar-refractivity contribution in [2.24, 2.45) is 0 Å². The third-order valence-electron chi connectivity index (χ3n) is 1.63. The van der Waals surface area contributed by atoms with Crippen molar-refractivity contribution in [2.45, 2.75) is 13.3 Å². The number of halogens is 3. The molecule has 0 unspecified atom stereocenters. The summed E-state index contributed by atoms with van der Waals surface area (Å²) in [7, 11) is 0. The summed E-state index contributed by atoms with van der Waals surface area (Å²) in [5, 5.41) is 3.40. The van der Waals surface area contributed by atoms with Crippen LogP contribution in [0.15, 0.2) is 16.6 Å². The Balaban J connectivity index is 3.00. The molecule has 0 heterocycles. The van der Waals surface area contributed by atoms with Gasteiger partial charge in [0.25, 0.3) is 0 Å². The smallest absolute Gasteiger partial charge is 0.224 e. The lowest BCUT2D eigenvalue weighted by atomic mass is 10.3. The Morgan fingerprint density at radius 3 is 2.64 bits per heavy atom. The maximum absolute atomic E-state index is 11.1.